The normalized spacial score (nSPS) is 10.6. The molecule has 0 spiro atoms. The van der Waals surface area contributed by atoms with Gasteiger partial charge in [0.1, 0.15) is 0 Å². The first-order valence-corrected chi connectivity index (χ1v) is 6.94. The molecule has 0 bridgehead atoms. The van der Waals surface area contributed by atoms with Crippen molar-refractivity contribution >= 4 is 22.8 Å². The largest absolute Gasteiger partial charge is 0.469 e. The second-order valence-electron chi connectivity index (χ2n) is 4.75. The van der Waals surface area contributed by atoms with E-state index in [1.54, 1.807) is 30.3 Å². The van der Waals surface area contributed by atoms with Crippen LogP contribution >= 0.6 is 0 Å². The van der Waals surface area contributed by atoms with Gasteiger partial charge in [-0.25, -0.2) is 0 Å². The third-order valence-electron chi connectivity index (χ3n) is 3.37. The van der Waals surface area contributed by atoms with Gasteiger partial charge in [-0.3, -0.25) is 14.7 Å². The van der Waals surface area contributed by atoms with Crippen molar-refractivity contribution in [2.45, 2.75) is 6.42 Å². The van der Waals surface area contributed by atoms with Gasteiger partial charge in [0.05, 0.1) is 37.4 Å². The monoisotopic (exact) mass is 305 g/mol. The Kier molecular flexibility index (Phi) is 5.48. The number of carbonyl (C=O) groups is 2. The van der Waals surface area contributed by atoms with E-state index in [9.17, 15) is 9.59 Å². The molecule has 118 valence electrons. The standard InChI is InChI=1S/C15H19N3O4/c1-21-9-8-18(7-6-13(19)22-2)15(20)12-5-3-4-11-10-16-17-14(11)12/h3-5,10H,6-9H2,1-2H3,(H,16,17). The number of aromatic amines is 1. The number of nitrogens with one attached hydrogen (secondary N) is 1. The smallest absolute Gasteiger partial charge is 0.307 e. The highest BCUT2D eigenvalue weighted by Crippen LogP contribution is 2.17. The molecule has 0 fully saturated rings. The number of carbonyl (C=O) groups excluding carboxylic acids is 2. The number of aromatic nitrogens is 2. The molecule has 1 amide bonds. The summed E-state index contributed by atoms with van der Waals surface area (Å²) < 4.78 is 9.66. The van der Waals surface area contributed by atoms with Crippen molar-refractivity contribution in [1.29, 1.82) is 0 Å². The maximum atomic E-state index is 12.7. The third-order valence-corrected chi connectivity index (χ3v) is 3.37. The zero-order valence-corrected chi connectivity index (χ0v) is 12.7. The van der Waals surface area contributed by atoms with E-state index in [4.69, 9.17) is 4.74 Å². The molecule has 22 heavy (non-hydrogen) atoms. The Labute approximate surface area is 128 Å². The molecule has 7 heteroatoms. The number of esters is 1. The quantitative estimate of drug-likeness (QED) is 0.777. The Morgan fingerprint density at radius 1 is 1.27 bits per heavy atom. The van der Waals surface area contributed by atoms with Crippen molar-refractivity contribution < 1.29 is 19.1 Å². The molecule has 0 saturated carbocycles. The van der Waals surface area contributed by atoms with Gasteiger partial charge >= 0.3 is 5.97 Å². The summed E-state index contributed by atoms with van der Waals surface area (Å²) >= 11 is 0. The molecule has 0 unspecified atom stereocenters. The molecular formula is C15H19N3O4. The van der Waals surface area contributed by atoms with Crippen LogP contribution in [0.4, 0.5) is 0 Å². The van der Waals surface area contributed by atoms with E-state index in [1.807, 2.05) is 6.07 Å². The minimum Gasteiger partial charge on any atom is -0.469 e. The number of ether oxygens (including phenoxy) is 2. The Morgan fingerprint density at radius 2 is 2.09 bits per heavy atom. The number of hydrogen-bond donors (Lipinski definition) is 1. The van der Waals surface area contributed by atoms with Gasteiger partial charge in [-0.1, -0.05) is 12.1 Å². The summed E-state index contributed by atoms with van der Waals surface area (Å²) in [6, 6.07) is 5.42. The van der Waals surface area contributed by atoms with Crippen LogP contribution in [-0.4, -0.2) is 60.9 Å². The van der Waals surface area contributed by atoms with Gasteiger partial charge in [0, 0.05) is 25.6 Å². The molecule has 7 nitrogen and oxygen atoms in total. The molecule has 0 aliphatic heterocycles. The van der Waals surface area contributed by atoms with E-state index in [2.05, 4.69) is 14.9 Å². The lowest BCUT2D eigenvalue weighted by Crippen LogP contribution is -2.36. The SMILES string of the molecule is COCCN(CCC(=O)OC)C(=O)c1cccc2cn[nH]c12. The predicted molar refractivity (Wildman–Crippen MR) is 80.5 cm³/mol. The minimum atomic E-state index is -0.352. The van der Waals surface area contributed by atoms with Crippen LogP contribution in [-0.2, 0) is 14.3 Å². The molecule has 0 aliphatic carbocycles. The summed E-state index contributed by atoms with van der Waals surface area (Å²) in [7, 11) is 2.90. The van der Waals surface area contributed by atoms with Crippen molar-refractivity contribution in [3.05, 3.63) is 30.0 Å². The van der Waals surface area contributed by atoms with Gasteiger partial charge in [0.25, 0.3) is 5.91 Å². The number of rotatable bonds is 7. The number of benzene rings is 1. The summed E-state index contributed by atoms with van der Waals surface area (Å²) in [5, 5.41) is 7.66. The molecular weight excluding hydrogens is 286 g/mol. The van der Waals surface area contributed by atoms with Crippen molar-refractivity contribution in [3.63, 3.8) is 0 Å². The van der Waals surface area contributed by atoms with Crippen LogP contribution in [0.25, 0.3) is 10.9 Å². The van der Waals surface area contributed by atoms with Gasteiger partial charge < -0.3 is 14.4 Å². The Balaban J connectivity index is 2.20. The second-order valence-corrected chi connectivity index (χ2v) is 4.75. The molecule has 1 aromatic heterocycles. The highest BCUT2D eigenvalue weighted by molar-refractivity contribution is 6.05. The highest BCUT2D eigenvalue weighted by atomic mass is 16.5. The van der Waals surface area contributed by atoms with Gasteiger partial charge in [0.2, 0.25) is 0 Å². The predicted octanol–water partition coefficient (Wildman–Crippen LogP) is 1.21. The van der Waals surface area contributed by atoms with Crippen LogP contribution in [0.3, 0.4) is 0 Å². The molecule has 1 heterocycles. The summed E-state index contributed by atoms with van der Waals surface area (Å²) in [5.74, 6) is -0.522. The zero-order valence-electron chi connectivity index (χ0n) is 12.7. The maximum Gasteiger partial charge on any atom is 0.307 e. The van der Waals surface area contributed by atoms with Crippen LogP contribution in [0.5, 0.6) is 0 Å². The summed E-state index contributed by atoms with van der Waals surface area (Å²) in [5.41, 5.74) is 1.21. The molecule has 0 radical (unpaired) electrons. The number of para-hydroxylation sites is 1. The van der Waals surface area contributed by atoms with Crippen LogP contribution in [0.2, 0.25) is 0 Å². The van der Waals surface area contributed by atoms with E-state index in [-0.39, 0.29) is 24.8 Å². The maximum absolute atomic E-state index is 12.7. The number of H-pyrrole nitrogens is 1. The molecule has 0 saturated heterocycles. The lowest BCUT2D eigenvalue weighted by Gasteiger charge is -2.22. The number of hydrogen-bond acceptors (Lipinski definition) is 5. The van der Waals surface area contributed by atoms with E-state index in [1.165, 1.54) is 7.11 Å². The second kappa shape index (κ2) is 7.56. The first-order chi connectivity index (χ1) is 10.7. The summed E-state index contributed by atoms with van der Waals surface area (Å²) in [4.78, 5) is 25.6. The van der Waals surface area contributed by atoms with Crippen molar-refractivity contribution in [3.8, 4) is 0 Å². The molecule has 0 aliphatic rings. The average molecular weight is 305 g/mol. The number of nitrogens with zero attached hydrogens (tertiary/aromatic N) is 2. The zero-order chi connectivity index (χ0) is 15.9. The first-order valence-electron chi connectivity index (χ1n) is 6.94. The fourth-order valence-electron chi connectivity index (χ4n) is 2.16. The third kappa shape index (κ3) is 3.62. The van der Waals surface area contributed by atoms with E-state index in [0.29, 0.717) is 24.2 Å². The topological polar surface area (TPSA) is 84.5 Å². The fourth-order valence-corrected chi connectivity index (χ4v) is 2.16. The van der Waals surface area contributed by atoms with Gasteiger partial charge in [-0.15, -0.1) is 0 Å². The van der Waals surface area contributed by atoms with Crippen LogP contribution < -0.4 is 0 Å². The van der Waals surface area contributed by atoms with Crippen molar-refractivity contribution in [1.82, 2.24) is 15.1 Å². The fraction of sp³-hybridized carbons (Fsp3) is 0.400. The lowest BCUT2D eigenvalue weighted by molar-refractivity contribution is -0.140. The number of fused-ring (bicyclic) bond motifs is 1. The average Bonchev–Trinajstić information content (AvgIpc) is 3.02. The van der Waals surface area contributed by atoms with E-state index in [0.717, 1.165) is 5.39 Å². The highest BCUT2D eigenvalue weighted by Gasteiger charge is 2.19. The van der Waals surface area contributed by atoms with Gasteiger partial charge in [0.15, 0.2) is 0 Å². The van der Waals surface area contributed by atoms with Crippen molar-refractivity contribution in [2.75, 3.05) is 33.9 Å². The van der Waals surface area contributed by atoms with Crippen LogP contribution in [0, 0.1) is 0 Å². The van der Waals surface area contributed by atoms with Crippen LogP contribution in [0.1, 0.15) is 16.8 Å². The van der Waals surface area contributed by atoms with E-state index >= 15 is 0 Å². The molecule has 2 rings (SSSR count). The molecule has 2 aromatic rings. The molecule has 0 atom stereocenters. The van der Waals surface area contributed by atoms with Gasteiger partial charge in [-0.05, 0) is 6.07 Å². The minimum absolute atomic E-state index is 0.144. The Hall–Kier alpha value is -2.41. The molecule has 1 aromatic carbocycles. The number of amides is 1. The first kappa shape index (κ1) is 16.0. The molecule has 1 N–H and O–H groups in total. The van der Waals surface area contributed by atoms with Crippen LogP contribution in [0.15, 0.2) is 24.4 Å². The van der Waals surface area contributed by atoms with Gasteiger partial charge in [-0.2, -0.15) is 5.10 Å². The Morgan fingerprint density at radius 3 is 2.82 bits per heavy atom. The summed E-state index contributed by atoms with van der Waals surface area (Å²) in [6.07, 6.45) is 1.81. The van der Waals surface area contributed by atoms with Crippen molar-refractivity contribution in [2.24, 2.45) is 0 Å². The number of methoxy groups -OCH3 is 2. The summed E-state index contributed by atoms with van der Waals surface area (Å²) in [6.45, 7) is 1.07. The Bertz CT molecular complexity index is 653. The lowest BCUT2D eigenvalue weighted by atomic mass is 10.1. The van der Waals surface area contributed by atoms with E-state index < -0.39 is 0 Å².